The molecule has 0 atom stereocenters. The van der Waals surface area contributed by atoms with Crippen LogP contribution in [0, 0.1) is 13.8 Å². The summed E-state index contributed by atoms with van der Waals surface area (Å²) in [5.41, 5.74) is 6.52. The Hall–Kier alpha value is -3.97. The lowest BCUT2D eigenvalue weighted by Gasteiger charge is -2.06. The van der Waals surface area contributed by atoms with Gasteiger partial charge in [0.15, 0.2) is 5.65 Å². The Labute approximate surface area is 202 Å². The minimum atomic E-state index is -0.200. The van der Waals surface area contributed by atoms with Gasteiger partial charge in [0, 0.05) is 22.8 Å². The standard InChI is InChI=1S/C26H23ClN6O/c1-17-6-8-20(9-7-17)23-10-11-28-26-25(23)18(2)31-33(26)16-24(34)30-22-13-29-32(15-22)14-19-4-3-5-21(27)12-19/h3-13,15H,14,16H2,1-2H3,(H,30,34). The average Bonchev–Trinajstić information content (AvgIpc) is 3.38. The Morgan fingerprint density at radius 1 is 1.09 bits per heavy atom. The molecule has 0 radical (unpaired) electrons. The summed E-state index contributed by atoms with van der Waals surface area (Å²) < 4.78 is 3.40. The number of carbonyl (C=O) groups excluding carboxylic acids is 1. The summed E-state index contributed by atoms with van der Waals surface area (Å²) in [7, 11) is 0. The van der Waals surface area contributed by atoms with Gasteiger partial charge in [0.25, 0.3) is 0 Å². The second-order valence-corrected chi connectivity index (χ2v) is 8.71. The number of hydrogen-bond acceptors (Lipinski definition) is 4. The van der Waals surface area contributed by atoms with Crippen LogP contribution in [0.2, 0.25) is 5.02 Å². The Morgan fingerprint density at radius 2 is 1.91 bits per heavy atom. The molecule has 1 amide bonds. The summed E-state index contributed by atoms with van der Waals surface area (Å²) >= 11 is 6.06. The fourth-order valence-corrected chi connectivity index (χ4v) is 4.25. The van der Waals surface area contributed by atoms with Crippen molar-refractivity contribution < 1.29 is 4.79 Å². The number of rotatable bonds is 6. The molecular formula is C26H23ClN6O. The molecular weight excluding hydrogens is 448 g/mol. The highest BCUT2D eigenvalue weighted by atomic mass is 35.5. The zero-order valence-corrected chi connectivity index (χ0v) is 19.6. The summed E-state index contributed by atoms with van der Waals surface area (Å²) in [5, 5.41) is 13.5. The van der Waals surface area contributed by atoms with E-state index in [9.17, 15) is 4.79 Å². The summed E-state index contributed by atoms with van der Waals surface area (Å²) in [6.45, 7) is 4.62. The summed E-state index contributed by atoms with van der Waals surface area (Å²) in [4.78, 5) is 17.3. The molecule has 34 heavy (non-hydrogen) atoms. The van der Waals surface area contributed by atoms with E-state index < -0.39 is 0 Å². The van der Waals surface area contributed by atoms with E-state index in [1.165, 1.54) is 5.56 Å². The third kappa shape index (κ3) is 4.56. The zero-order valence-electron chi connectivity index (χ0n) is 18.9. The minimum Gasteiger partial charge on any atom is -0.322 e. The van der Waals surface area contributed by atoms with Crippen LogP contribution in [0.1, 0.15) is 16.8 Å². The molecule has 2 aromatic carbocycles. The van der Waals surface area contributed by atoms with Gasteiger partial charge < -0.3 is 5.32 Å². The van der Waals surface area contributed by atoms with Crippen molar-refractivity contribution in [1.82, 2.24) is 24.5 Å². The number of fused-ring (bicyclic) bond motifs is 1. The molecule has 0 spiro atoms. The maximum Gasteiger partial charge on any atom is 0.246 e. The number of carbonyl (C=O) groups is 1. The van der Waals surface area contributed by atoms with Crippen molar-refractivity contribution in [3.05, 3.63) is 95.0 Å². The van der Waals surface area contributed by atoms with E-state index >= 15 is 0 Å². The lowest BCUT2D eigenvalue weighted by Crippen LogP contribution is -2.19. The number of aryl methyl sites for hydroxylation is 2. The number of hydrogen-bond donors (Lipinski definition) is 1. The van der Waals surface area contributed by atoms with Gasteiger partial charge in [-0.1, -0.05) is 53.6 Å². The first kappa shape index (κ1) is 21.9. The summed E-state index contributed by atoms with van der Waals surface area (Å²) in [5.74, 6) is -0.200. The fraction of sp³-hybridized carbons (Fsp3) is 0.154. The molecule has 1 N–H and O–H groups in total. The molecule has 3 aromatic heterocycles. The zero-order chi connectivity index (χ0) is 23.7. The van der Waals surface area contributed by atoms with Crippen LogP contribution in [-0.4, -0.2) is 30.5 Å². The SMILES string of the molecule is Cc1ccc(-c2ccnc3c2c(C)nn3CC(=O)Nc2cnn(Cc3cccc(Cl)c3)c2)cc1. The highest BCUT2D eigenvalue weighted by Gasteiger charge is 2.16. The van der Waals surface area contributed by atoms with Crippen LogP contribution in [0.5, 0.6) is 0 Å². The minimum absolute atomic E-state index is 0.0498. The van der Waals surface area contributed by atoms with Gasteiger partial charge in [-0.3, -0.25) is 9.48 Å². The largest absolute Gasteiger partial charge is 0.322 e. The third-order valence-electron chi connectivity index (χ3n) is 5.61. The fourth-order valence-electron chi connectivity index (χ4n) is 4.04. The molecule has 0 saturated heterocycles. The number of nitrogens with zero attached hydrogens (tertiary/aromatic N) is 5. The first-order valence-corrected chi connectivity index (χ1v) is 11.3. The molecule has 0 fully saturated rings. The normalized spacial score (nSPS) is 11.1. The predicted molar refractivity (Wildman–Crippen MR) is 134 cm³/mol. The average molecular weight is 471 g/mol. The van der Waals surface area contributed by atoms with Crippen LogP contribution in [0.15, 0.2) is 73.2 Å². The van der Waals surface area contributed by atoms with Gasteiger partial charge in [0.2, 0.25) is 5.91 Å². The van der Waals surface area contributed by atoms with E-state index in [1.54, 1.807) is 28.0 Å². The maximum atomic E-state index is 12.8. The quantitative estimate of drug-likeness (QED) is 0.367. The molecule has 3 heterocycles. The molecule has 0 aliphatic rings. The van der Waals surface area contributed by atoms with Crippen molar-refractivity contribution in [2.45, 2.75) is 26.9 Å². The molecule has 5 rings (SSSR count). The molecule has 0 bridgehead atoms. The van der Waals surface area contributed by atoms with Crippen molar-refractivity contribution in [1.29, 1.82) is 0 Å². The van der Waals surface area contributed by atoms with Crippen LogP contribution in [0.25, 0.3) is 22.2 Å². The van der Waals surface area contributed by atoms with E-state index in [0.29, 0.717) is 22.9 Å². The lowest BCUT2D eigenvalue weighted by molar-refractivity contribution is -0.116. The number of pyridine rings is 1. The second kappa shape index (κ2) is 9.11. The van der Waals surface area contributed by atoms with Crippen molar-refractivity contribution in [3.63, 3.8) is 0 Å². The highest BCUT2D eigenvalue weighted by Crippen LogP contribution is 2.30. The topological polar surface area (TPSA) is 77.6 Å². The van der Waals surface area contributed by atoms with E-state index in [1.807, 2.05) is 37.3 Å². The van der Waals surface area contributed by atoms with Crippen molar-refractivity contribution in [2.75, 3.05) is 5.32 Å². The lowest BCUT2D eigenvalue weighted by atomic mass is 10.0. The van der Waals surface area contributed by atoms with Crippen molar-refractivity contribution in [2.24, 2.45) is 0 Å². The smallest absolute Gasteiger partial charge is 0.246 e. The summed E-state index contributed by atoms with van der Waals surface area (Å²) in [6.07, 6.45) is 5.18. The monoisotopic (exact) mass is 470 g/mol. The second-order valence-electron chi connectivity index (χ2n) is 8.27. The first-order valence-electron chi connectivity index (χ1n) is 10.9. The van der Waals surface area contributed by atoms with Gasteiger partial charge in [-0.05, 0) is 48.7 Å². The molecule has 0 aliphatic heterocycles. The molecule has 5 aromatic rings. The van der Waals surface area contributed by atoms with Gasteiger partial charge in [0.05, 0.1) is 24.1 Å². The Morgan fingerprint density at radius 3 is 2.71 bits per heavy atom. The number of aromatic nitrogens is 5. The van der Waals surface area contributed by atoms with Gasteiger partial charge in [-0.2, -0.15) is 10.2 Å². The molecule has 0 aliphatic carbocycles. The van der Waals surface area contributed by atoms with Gasteiger partial charge in [-0.25, -0.2) is 9.67 Å². The van der Waals surface area contributed by atoms with E-state index in [0.717, 1.165) is 27.8 Å². The Balaban J connectivity index is 1.33. The summed E-state index contributed by atoms with van der Waals surface area (Å²) in [6, 6.07) is 17.9. The van der Waals surface area contributed by atoms with Crippen molar-refractivity contribution >= 4 is 34.2 Å². The molecule has 8 heteroatoms. The first-order chi connectivity index (χ1) is 16.5. The molecule has 0 saturated carbocycles. The molecule has 7 nitrogen and oxygen atoms in total. The number of nitrogens with one attached hydrogen (secondary N) is 1. The number of amides is 1. The number of anilines is 1. The van der Waals surface area contributed by atoms with Crippen LogP contribution in [-0.2, 0) is 17.9 Å². The highest BCUT2D eigenvalue weighted by molar-refractivity contribution is 6.30. The predicted octanol–water partition coefficient (Wildman–Crippen LogP) is 5.25. The van der Waals surface area contributed by atoms with Gasteiger partial charge >= 0.3 is 0 Å². The number of benzene rings is 2. The van der Waals surface area contributed by atoms with Crippen molar-refractivity contribution in [3.8, 4) is 11.1 Å². The third-order valence-corrected chi connectivity index (χ3v) is 5.85. The maximum absolute atomic E-state index is 12.8. The van der Waals surface area contributed by atoms with Gasteiger partial charge in [-0.15, -0.1) is 0 Å². The van der Waals surface area contributed by atoms with E-state index in [-0.39, 0.29) is 12.5 Å². The van der Waals surface area contributed by atoms with E-state index in [2.05, 4.69) is 51.7 Å². The van der Waals surface area contributed by atoms with Crippen LogP contribution in [0.4, 0.5) is 5.69 Å². The van der Waals surface area contributed by atoms with Crippen LogP contribution in [0.3, 0.4) is 0 Å². The molecule has 170 valence electrons. The Bertz CT molecular complexity index is 1490. The van der Waals surface area contributed by atoms with Crippen LogP contribution >= 0.6 is 11.6 Å². The van der Waals surface area contributed by atoms with E-state index in [4.69, 9.17) is 11.6 Å². The number of halogens is 1. The molecule has 0 unspecified atom stereocenters. The van der Waals surface area contributed by atoms with Gasteiger partial charge in [0.1, 0.15) is 6.54 Å². The van der Waals surface area contributed by atoms with Crippen LogP contribution < -0.4 is 5.32 Å². The Kier molecular flexibility index (Phi) is 5.86.